The number of likely N-dealkylation sites (tertiary alicyclic amines) is 1. The fourth-order valence-electron chi connectivity index (χ4n) is 3.92. The molecule has 2 heterocycles. The van der Waals surface area contributed by atoms with Gasteiger partial charge in [-0.1, -0.05) is 30.3 Å². The first-order valence-electron chi connectivity index (χ1n) is 9.22. The molecule has 2 amide bonds. The van der Waals surface area contributed by atoms with Crippen molar-refractivity contribution >= 4 is 17.5 Å². The van der Waals surface area contributed by atoms with Gasteiger partial charge in [0.05, 0.1) is 0 Å². The molecule has 1 aromatic heterocycles. The Morgan fingerprint density at radius 3 is 2.65 bits per heavy atom. The summed E-state index contributed by atoms with van der Waals surface area (Å²) in [5.74, 6) is 0.801. The molecule has 26 heavy (non-hydrogen) atoms. The number of carbonyl (C=O) groups excluding carboxylic acids is 2. The van der Waals surface area contributed by atoms with Gasteiger partial charge in [0.1, 0.15) is 5.76 Å². The summed E-state index contributed by atoms with van der Waals surface area (Å²) in [5.41, 5.74) is 1.28. The highest BCUT2D eigenvalue weighted by Gasteiger charge is 2.58. The maximum Gasteiger partial charge on any atom is 0.276 e. The van der Waals surface area contributed by atoms with E-state index in [4.69, 9.17) is 4.52 Å². The number of amides is 2. The molecule has 1 aliphatic carbocycles. The minimum Gasteiger partial charge on any atom is -0.361 e. The number of nitrogens with one attached hydrogen (secondary N) is 1. The average molecular weight is 353 g/mol. The summed E-state index contributed by atoms with van der Waals surface area (Å²) in [5, 5.41) is 6.88. The van der Waals surface area contributed by atoms with Gasteiger partial charge in [-0.25, -0.2) is 0 Å². The second kappa shape index (κ2) is 6.59. The summed E-state index contributed by atoms with van der Waals surface area (Å²) in [6.45, 7) is 3.30. The number of piperidine rings is 1. The van der Waals surface area contributed by atoms with Crippen LogP contribution in [0.15, 0.2) is 40.9 Å². The first kappa shape index (κ1) is 16.8. The zero-order chi connectivity index (χ0) is 18.1. The van der Waals surface area contributed by atoms with Crippen LogP contribution in [-0.4, -0.2) is 35.0 Å². The van der Waals surface area contributed by atoms with Crippen molar-refractivity contribution < 1.29 is 14.1 Å². The SMILES string of the molecule is CCc1cc(C(=O)N2CCC3(CC2)CC3C(=O)Nc2ccccc2)no1. The fourth-order valence-corrected chi connectivity index (χ4v) is 3.92. The van der Waals surface area contributed by atoms with E-state index in [1.807, 2.05) is 42.2 Å². The van der Waals surface area contributed by atoms with Gasteiger partial charge >= 0.3 is 0 Å². The van der Waals surface area contributed by atoms with Crippen LogP contribution in [0.4, 0.5) is 5.69 Å². The molecular weight excluding hydrogens is 330 g/mol. The molecule has 2 aromatic rings. The Kier molecular flexibility index (Phi) is 4.26. The Balaban J connectivity index is 1.32. The topological polar surface area (TPSA) is 75.4 Å². The van der Waals surface area contributed by atoms with Crippen LogP contribution < -0.4 is 5.32 Å². The summed E-state index contributed by atoms with van der Waals surface area (Å²) in [6.07, 6.45) is 3.37. The number of rotatable bonds is 4. The van der Waals surface area contributed by atoms with Gasteiger partial charge in [-0.3, -0.25) is 9.59 Å². The molecule has 1 atom stereocenters. The smallest absolute Gasteiger partial charge is 0.276 e. The molecule has 1 saturated carbocycles. The number of para-hydroxylation sites is 1. The number of aryl methyl sites for hydroxylation is 1. The molecule has 136 valence electrons. The highest BCUT2D eigenvalue weighted by atomic mass is 16.5. The Hall–Kier alpha value is -2.63. The third kappa shape index (κ3) is 3.11. The van der Waals surface area contributed by atoms with Gasteiger partial charge in [0.2, 0.25) is 5.91 Å². The maximum absolute atomic E-state index is 12.5. The largest absolute Gasteiger partial charge is 0.361 e. The van der Waals surface area contributed by atoms with Crippen LogP contribution in [0.5, 0.6) is 0 Å². The summed E-state index contributed by atoms with van der Waals surface area (Å²) >= 11 is 0. The number of hydrogen-bond acceptors (Lipinski definition) is 4. The first-order chi connectivity index (χ1) is 12.6. The third-order valence-corrected chi connectivity index (χ3v) is 5.72. The lowest BCUT2D eigenvalue weighted by atomic mass is 9.90. The number of benzene rings is 1. The second-order valence-corrected chi connectivity index (χ2v) is 7.30. The van der Waals surface area contributed by atoms with Crippen molar-refractivity contribution in [2.24, 2.45) is 11.3 Å². The van der Waals surface area contributed by atoms with E-state index in [1.54, 1.807) is 6.07 Å². The molecule has 1 aliphatic heterocycles. The van der Waals surface area contributed by atoms with Crippen molar-refractivity contribution in [1.82, 2.24) is 10.1 Å². The summed E-state index contributed by atoms with van der Waals surface area (Å²) in [7, 11) is 0. The predicted octanol–water partition coefficient (Wildman–Crippen LogP) is 3.12. The maximum atomic E-state index is 12.5. The van der Waals surface area contributed by atoms with Crippen LogP contribution in [0.2, 0.25) is 0 Å². The van der Waals surface area contributed by atoms with Gasteiger partial charge in [-0.05, 0) is 36.8 Å². The molecule has 0 bridgehead atoms. The molecular formula is C20H23N3O3. The predicted molar refractivity (Wildman–Crippen MR) is 96.6 cm³/mol. The number of aromatic nitrogens is 1. The minimum atomic E-state index is -0.0748. The molecule has 6 nitrogen and oxygen atoms in total. The van der Waals surface area contributed by atoms with E-state index >= 15 is 0 Å². The van der Waals surface area contributed by atoms with Crippen LogP contribution >= 0.6 is 0 Å². The van der Waals surface area contributed by atoms with Gasteiger partial charge in [0, 0.05) is 37.2 Å². The van der Waals surface area contributed by atoms with Crippen LogP contribution in [0.1, 0.15) is 42.4 Å². The zero-order valence-corrected chi connectivity index (χ0v) is 14.9. The summed E-state index contributed by atoms with van der Waals surface area (Å²) in [4.78, 5) is 26.9. The quantitative estimate of drug-likeness (QED) is 0.916. The van der Waals surface area contributed by atoms with Crippen LogP contribution in [0, 0.1) is 11.3 Å². The Bertz CT molecular complexity index is 807. The van der Waals surface area contributed by atoms with Gasteiger partial charge < -0.3 is 14.7 Å². The van der Waals surface area contributed by atoms with Crippen LogP contribution in [-0.2, 0) is 11.2 Å². The standard InChI is InChI=1S/C20H23N3O3/c1-2-15-12-17(22-26-15)19(25)23-10-8-20(9-11-23)13-16(20)18(24)21-14-6-4-3-5-7-14/h3-7,12,16H,2,8-11,13H2,1H3,(H,21,24). The van der Waals surface area contributed by atoms with Crippen molar-refractivity contribution in [3.8, 4) is 0 Å². The third-order valence-electron chi connectivity index (χ3n) is 5.72. The van der Waals surface area contributed by atoms with E-state index in [0.29, 0.717) is 18.8 Å². The highest BCUT2D eigenvalue weighted by Crippen LogP contribution is 2.59. The Morgan fingerprint density at radius 2 is 2.00 bits per heavy atom. The summed E-state index contributed by atoms with van der Waals surface area (Å²) < 4.78 is 5.13. The monoisotopic (exact) mass is 353 g/mol. The molecule has 1 unspecified atom stereocenters. The van der Waals surface area contributed by atoms with E-state index in [2.05, 4.69) is 10.5 Å². The molecule has 1 aromatic carbocycles. The molecule has 0 radical (unpaired) electrons. The van der Waals surface area contributed by atoms with Gasteiger partial charge in [-0.2, -0.15) is 0 Å². The summed E-state index contributed by atoms with van der Waals surface area (Å²) in [6, 6.07) is 11.3. The number of carbonyl (C=O) groups is 2. The van der Waals surface area contributed by atoms with Crippen molar-refractivity contribution in [1.29, 1.82) is 0 Å². The molecule has 2 fully saturated rings. The normalized spacial score (nSPS) is 20.8. The average Bonchev–Trinajstić information content (AvgIpc) is 3.15. The minimum absolute atomic E-state index is 0.0544. The van der Waals surface area contributed by atoms with Crippen LogP contribution in [0.3, 0.4) is 0 Å². The molecule has 1 spiro atoms. The Morgan fingerprint density at radius 1 is 1.27 bits per heavy atom. The first-order valence-corrected chi connectivity index (χ1v) is 9.22. The molecule has 2 aliphatic rings. The number of nitrogens with zero attached hydrogens (tertiary/aromatic N) is 2. The number of anilines is 1. The van der Waals surface area contributed by atoms with E-state index in [0.717, 1.165) is 37.1 Å². The van der Waals surface area contributed by atoms with Crippen molar-refractivity contribution in [3.63, 3.8) is 0 Å². The fraction of sp³-hybridized carbons (Fsp3) is 0.450. The Labute approximate surface area is 152 Å². The zero-order valence-electron chi connectivity index (χ0n) is 14.9. The van der Waals surface area contributed by atoms with Gasteiger partial charge in [-0.15, -0.1) is 0 Å². The van der Waals surface area contributed by atoms with E-state index in [9.17, 15) is 9.59 Å². The van der Waals surface area contributed by atoms with Crippen LogP contribution in [0.25, 0.3) is 0 Å². The molecule has 6 heteroatoms. The molecule has 4 rings (SSSR count). The van der Waals surface area contributed by atoms with Gasteiger partial charge in [0.15, 0.2) is 5.69 Å². The lowest BCUT2D eigenvalue weighted by molar-refractivity contribution is -0.118. The molecule has 1 N–H and O–H groups in total. The highest BCUT2D eigenvalue weighted by molar-refractivity contribution is 5.95. The number of hydrogen-bond donors (Lipinski definition) is 1. The van der Waals surface area contributed by atoms with E-state index < -0.39 is 0 Å². The lowest BCUT2D eigenvalue weighted by Gasteiger charge is -2.32. The second-order valence-electron chi connectivity index (χ2n) is 7.30. The van der Waals surface area contributed by atoms with Crippen molar-refractivity contribution in [2.75, 3.05) is 18.4 Å². The molecule has 1 saturated heterocycles. The van der Waals surface area contributed by atoms with E-state index in [-0.39, 0.29) is 23.1 Å². The lowest BCUT2D eigenvalue weighted by Crippen LogP contribution is -2.40. The van der Waals surface area contributed by atoms with Crippen molar-refractivity contribution in [3.05, 3.63) is 47.9 Å². The van der Waals surface area contributed by atoms with Gasteiger partial charge in [0.25, 0.3) is 5.91 Å². The van der Waals surface area contributed by atoms with E-state index in [1.165, 1.54) is 0 Å². The van der Waals surface area contributed by atoms with Crippen molar-refractivity contribution in [2.45, 2.75) is 32.6 Å².